The van der Waals surface area contributed by atoms with E-state index < -0.39 is 17.5 Å². The van der Waals surface area contributed by atoms with Crippen LogP contribution in [-0.2, 0) is 22.7 Å². The Morgan fingerprint density at radius 2 is 1.96 bits per heavy atom. The first-order valence-electron chi connectivity index (χ1n) is 8.22. The molecule has 4 rings (SSSR count). The van der Waals surface area contributed by atoms with Crippen molar-refractivity contribution in [1.82, 2.24) is 0 Å². The number of carbonyl (C=O) groups is 2. The predicted molar refractivity (Wildman–Crippen MR) is 97.7 cm³/mol. The third kappa shape index (κ3) is 3.24. The number of ether oxygens (including phenoxy) is 2. The highest BCUT2D eigenvalue weighted by Crippen LogP contribution is 2.36. The first kappa shape index (κ1) is 18.5. The lowest BCUT2D eigenvalue weighted by Gasteiger charge is -2.23. The summed E-state index contributed by atoms with van der Waals surface area (Å²) >= 11 is 3.34. The molecule has 0 unspecified atom stereocenters. The lowest BCUT2D eigenvalue weighted by Crippen LogP contribution is -2.30. The number of halogens is 2. The van der Waals surface area contributed by atoms with E-state index in [9.17, 15) is 14.0 Å². The molecule has 5 nitrogen and oxygen atoms in total. The van der Waals surface area contributed by atoms with Gasteiger partial charge in [-0.15, -0.1) is 0 Å². The van der Waals surface area contributed by atoms with Crippen LogP contribution >= 0.6 is 15.9 Å². The molecule has 0 saturated heterocycles. The van der Waals surface area contributed by atoms with E-state index in [1.165, 1.54) is 17.0 Å². The largest absolute Gasteiger partial charge is 0.467 e. The number of hydrogen-bond donors (Lipinski definition) is 0. The quantitative estimate of drug-likeness (QED) is 0.681. The van der Waals surface area contributed by atoms with Crippen LogP contribution in [0.5, 0.6) is 5.75 Å². The molecule has 0 atom stereocenters. The monoisotopic (exact) mass is 421 g/mol. The maximum Gasteiger partial charge on any atom is 0.299 e. The second-order valence-electron chi connectivity index (χ2n) is 5.55. The minimum Gasteiger partial charge on any atom is -0.467 e. The Morgan fingerprint density at radius 1 is 1.19 bits per heavy atom. The standard InChI is InChI=1S/C17H11BrFNO4.C2H6/c18-11-1-2-13-14(5-11)20(17(22)15(13)21)6-9-3-12(19)4-10-7-23-8-24-16(9)10;1-2/h1-5H,6-8H2;1-2H3. The Labute approximate surface area is 158 Å². The van der Waals surface area contributed by atoms with Crippen LogP contribution in [0.25, 0.3) is 0 Å². The van der Waals surface area contributed by atoms with Gasteiger partial charge in [-0.3, -0.25) is 9.59 Å². The van der Waals surface area contributed by atoms with Crippen molar-refractivity contribution < 1.29 is 23.5 Å². The molecule has 7 heteroatoms. The number of anilines is 1. The van der Waals surface area contributed by atoms with Crippen LogP contribution < -0.4 is 9.64 Å². The average molecular weight is 422 g/mol. The molecule has 0 spiro atoms. The first-order valence-corrected chi connectivity index (χ1v) is 9.01. The zero-order chi connectivity index (χ0) is 18.8. The van der Waals surface area contributed by atoms with Crippen LogP contribution in [0.4, 0.5) is 10.1 Å². The zero-order valence-electron chi connectivity index (χ0n) is 14.3. The number of benzene rings is 2. The van der Waals surface area contributed by atoms with Crippen molar-refractivity contribution in [1.29, 1.82) is 0 Å². The fourth-order valence-corrected chi connectivity index (χ4v) is 3.32. The molecule has 2 aliphatic rings. The summed E-state index contributed by atoms with van der Waals surface area (Å²) in [7, 11) is 0. The van der Waals surface area contributed by atoms with Crippen LogP contribution in [0.2, 0.25) is 0 Å². The lowest BCUT2D eigenvalue weighted by molar-refractivity contribution is -0.114. The minimum atomic E-state index is -0.631. The van der Waals surface area contributed by atoms with Gasteiger partial charge in [-0.05, 0) is 30.3 Å². The number of nitrogens with zero attached hydrogens (tertiary/aromatic N) is 1. The maximum atomic E-state index is 13.9. The summed E-state index contributed by atoms with van der Waals surface area (Å²) in [5.74, 6) is -1.13. The Hall–Kier alpha value is -2.25. The van der Waals surface area contributed by atoms with E-state index in [0.29, 0.717) is 28.1 Å². The molecular formula is C19H17BrFNO4. The fraction of sp³-hybridized carbons (Fsp3) is 0.263. The molecule has 136 valence electrons. The van der Waals surface area contributed by atoms with Crippen molar-refractivity contribution in [3.05, 3.63) is 57.3 Å². The smallest absolute Gasteiger partial charge is 0.299 e. The van der Waals surface area contributed by atoms with E-state index >= 15 is 0 Å². The molecule has 2 aromatic carbocycles. The highest BCUT2D eigenvalue weighted by Gasteiger charge is 2.36. The second kappa shape index (κ2) is 7.55. The molecular weight excluding hydrogens is 405 g/mol. The van der Waals surface area contributed by atoms with Crippen LogP contribution in [0, 0.1) is 5.82 Å². The average Bonchev–Trinajstić information content (AvgIpc) is 2.87. The van der Waals surface area contributed by atoms with Gasteiger partial charge in [0, 0.05) is 15.6 Å². The van der Waals surface area contributed by atoms with Crippen LogP contribution in [-0.4, -0.2) is 18.5 Å². The van der Waals surface area contributed by atoms with Crippen LogP contribution in [0.3, 0.4) is 0 Å². The summed E-state index contributed by atoms with van der Waals surface area (Å²) in [4.78, 5) is 25.8. The normalized spacial score (nSPS) is 15.0. The number of fused-ring (bicyclic) bond motifs is 2. The molecule has 0 aromatic heterocycles. The Morgan fingerprint density at radius 3 is 2.73 bits per heavy atom. The number of hydrogen-bond acceptors (Lipinski definition) is 4. The molecule has 2 aromatic rings. The van der Waals surface area contributed by atoms with E-state index in [2.05, 4.69) is 15.9 Å². The van der Waals surface area contributed by atoms with Gasteiger partial charge in [0.05, 0.1) is 24.4 Å². The van der Waals surface area contributed by atoms with Crippen molar-refractivity contribution in [2.24, 2.45) is 0 Å². The van der Waals surface area contributed by atoms with Crippen molar-refractivity contribution in [2.75, 3.05) is 11.7 Å². The molecule has 2 aliphatic heterocycles. The van der Waals surface area contributed by atoms with Gasteiger partial charge in [-0.25, -0.2) is 4.39 Å². The predicted octanol–water partition coefficient (Wildman–Crippen LogP) is 4.21. The summed E-state index contributed by atoms with van der Waals surface area (Å²) in [6.45, 7) is 4.36. The zero-order valence-corrected chi connectivity index (χ0v) is 15.9. The van der Waals surface area contributed by atoms with E-state index in [-0.39, 0.29) is 19.9 Å². The Balaban J connectivity index is 0.000000948. The van der Waals surface area contributed by atoms with Gasteiger partial charge in [0.25, 0.3) is 11.7 Å². The molecule has 0 fully saturated rings. The van der Waals surface area contributed by atoms with Crippen molar-refractivity contribution >= 4 is 33.3 Å². The van der Waals surface area contributed by atoms with Gasteiger partial charge in [0.2, 0.25) is 0 Å². The van der Waals surface area contributed by atoms with Gasteiger partial charge in [-0.2, -0.15) is 0 Å². The highest BCUT2D eigenvalue weighted by atomic mass is 79.9. The molecule has 2 heterocycles. The van der Waals surface area contributed by atoms with E-state index in [1.807, 2.05) is 13.8 Å². The summed E-state index contributed by atoms with van der Waals surface area (Å²) in [5, 5.41) is 0. The molecule has 0 saturated carbocycles. The Bertz CT molecular complexity index is 884. The summed E-state index contributed by atoms with van der Waals surface area (Å²) in [5.41, 5.74) is 1.94. The first-order chi connectivity index (χ1) is 12.5. The summed E-state index contributed by atoms with van der Waals surface area (Å²) in [6.07, 6.45) is 0. The summed E-state index contributed by atoms with van der Waals surface area (Å²) < 4.78 is 25.3. The summed E-state index contributed by atoms with van der Waals surface area (Å²) in [6, 6.07) is 7.67. The number of ketones is 1. The maximum absolute atomic E-state index is 13.9. The molecule has 26 heavy (non-hydrogen) atoms. The molecule has 0 bridgehead atoms. The van der Waals surface area contributed by atoms with Gasteiger partial charge in [-0.1, -0.05) is 29.8 Å². The Kier molecular flexibility index (Phi) is 5.38. The van der Waals surface area contributed by atoms with Crippen LogP contribution in [0.15, 0.2) is 34.8 Å². The van der Waals surface area contributed by atoms with Gasteiger partial charge in [0.15, 0.2) is 6.79 Å². The number of carbonyl (C=O) groups excluding carboxylic acids is 2. The third-order valence-electron chi connectivity index (χ3n) is 4.01. The van der Waals surface area contributed by atoms with Crippen molar-refractivity contribution in [2.45, 2.75) is 27.0 Å². The van der Waals surface area contributed by atoms with E-state index in [0.717, 1.165) is 4.47 Å². The SMILES string of the molecule is CC.O=C1C(=O)N(Cc2cc(F)cc3c2OCOC3)c2cc(Br)ccc21. The van der Waals surface area contributed by atoms with Crippen LogP contribution in [0.1, 0.15) is 35.3 Å². The number of rotatable bonds is 2. The topological polar surface area (TPSA) is 55.8 Å². The molecule has 1 amide bonds. The van der Waals surface area contributed by atoms with Gasteiger partial charge < -0.3 is 14.4 Å². The minimum absolute atomic E-state index is 0.0497. The van der Waals surface area contributed by atoms with Gasteiger partial charge in [0.1, 0.15) is 11.6 Å². The van der Waals surface area contributed by atoms with E-state index in [1.54, 1.807) is 18.2 Å². The molecule has 0 aliphatic carbocycles. The fourth-order valence-electron chi connectivity index (χ4n) is 2.97. The number of amides is 1. The lowest BCUT2D eigenvalue weighted by atomic mass is 10.1. The van der Waals surface area contributed by atoms with Crippen molar-refractivity contribution in [3.63, 3.8) is 0 Å². The second-order valence-corrected chi connectivity index (χ2v) is 6.46. The highest BCUT2D eigenvalue weighted by molar-refractivity contribution is 9.10. The molecule has 0 N–H and O–H groups in total. The number of Topliss-reactive ketones (excluding diaryl/α,β-unsaturated/α-hetero) is 1. The van der Waals surface area contributed by atoms with Gasteiger partial charge >= 0.3 is 0 Å². The molecule has 0 radical (unpaired) electrons. The van der Waals surface area contributed by atoms with E-state index in [4.69, 9.17) is 9.47 Å². The van der Waals surface area contributed by atoms with Crippen molar-refractivity contribution in [3.8, 4) is 5.75 Å². The third-order valence-corrected chi connectivity index (χ3v) is 4.51.